The highest BCUT2D eigenvalue weighted by molar-refractivity contribution is 6.04. The van der Waals surface area contributed by atoms with Crippen molar-refractivity contribution in [2.45, 2.75) is 51.7 Å². The number of carbonyl (C=O) groups is 3. The Bertz CT molecular complexity index is 632. The molecule has 7 nitrogen and oxygen atoms in total. The quantitative estimate of drug-likeness (QED) is 0.294. The SMILES string of the molecule is CCOC1OC1(C=O)C(=O)N[C@@H](CC(C)C)C(=O)OCc1ccccc1. The van der Waals surface area contributed by atoms with E-state index in [1.165, 1.54) is 0 Å². The average molecular weight is 363 g/mol. The molecule has 2 rings (SSSR count). The largest absolute Gasteiger partial charge is 0.459 e. The number of nitrogens with one attached hydrogen (secondary N) is 1. The van der Waals surface area contributed by atoms with Gasteiger partial charge < -0.3 is 19.5 Å². The molecule has 26 heavy (non-hydrogen) atoms. The van der Waals surface area contributed by atoms with Crippen molar-refractivity contribution in [2.75, 3.05) is 6.61 Å². The fraction of sp³-hybridized carbons (Fsp3) is 0.526. The minimum Gasteiger partial charge on any atom is -0.459 e. The molecule has 142 valence electrons. The standard InChI is InChI=1S/C19H25NO6/c1-4-24-18-19(12-21,26-18)17(23)20-15(10-13(2)3)16(22)25-11-14-8-6-5-7-9-14/h5-9,12-13,15,18H,4,10-11H2,1-3H3,(H,20,23)/t15-,18?,19?/m0/s1. The van der Waals surface area contributed by atoms with Crippen LogP contribution in [-0.2, 0) is 35.2 Å². The number of carbonyl (C=O) groups excluding carboxylic acids is 3. The van der Waals surface area contributed by atoms with E-state index in [4.69, 9.17) is 14.2 Å². The van der Waals surface area contributed by atoms with Crippen LogP contribution in [0.4, 0.5) is 0 Å². The van der Waals surface area contributed by atoms with E-state index in [9.17, 15) is 14.4 Å². The Morgan fingerprint density at radius 3 is 2.58 bits per heavy atom. The predicted octanol–water partition coefficient (Wildman–Crippen LogP) is 1.59. The summed E-state index contributed by atoms with van der Waals surface area (Å²) in [7, 11) is 0. The Morgan fingerprint density at radius 2 is 2.00 bits per heavy atom. The number of rotatable bonds is 10. The first-order valence-electron chi connectivity index (χ1n) is 8.70. The highest BCUT2D eigenvalue weighted by Crippen LogP contribution is 2.36. The highest BCUT2D eigenvalue weighted by atomic mass is 16.8. The third kappa shape index (κ3) is 4.89. The maximum atomic E-state index is 12.5. The van der Waals surface area contributed by atoms with Gasteiger partial charge in [0.05, 0.1) is 0 Å². The van der Waals surface area contributed by atoms with E-state index in [1.807, 2.05) is 44.2 Å². The van der Waals surface area contributed by atoms with Gasteiger partial charge in [0.25, 0.3) is 11.5 Å². The molecule has 3 atom stereocenters. The fourth-order valence-corrected chi connectivity index (χ4v) is 2.54. The summed E-state index contributed by atoms with van der Waals surface area (Å²) >= 11 is 0. The summed E-state index contributed by atoms with van der Waals surface area (Å²) in [6, 6.07) is 8.39. The maximum Gasteiger partial charge on any atom is 0.328 e. The van der Waals surface area contributed by atoms with Gasteiger partial charge in [0, 0.05) is 6.61 Å². The van der Waals surface area contributed by atoms with Crippen molar-refractivity contribution in [3.8, 4) is 0 Å². The molecule has 0 aromatic heterocycles. The molecular formula is C19H25NO6. The van der Waals surface area contributed by atoms with Gasteiger partial charge in [-0.1, -0.05) is 44.2 Å². The van der Waals surface area contributed by atoms with Gasteiger partial charge in [-0.2, -0.15) is 0 Å². The molecule has 0 bridgehead atoms. The Kier molecular flexibility index (Phi) is 6.88. The zero-order valence-corrected chi connectivity index (χ0v) is 15.3. The van der Waals surface area contributed by atoms with Crippen LogP contribution < -0.4 is 5.32 Å². The third-order valence-corrected chi connectivity index (χ3v) is 3.96. The topological polar surface area (TPSA) is 94.2 Å². The predicted molar refractivity (Wildman–Crippen MR) is 92.9 cm³/mol. The van der Waals surface area contributed by atoms with E-state index in [1.54, 1.807) is 6.92 Å². The maximum absolute atomic E-state index is 12.5. The van der Waals surface area contributed by atoms with Crippen molar-refractivity contribution in [3.05, 3.63) is 35.9 Å². The highest BCUT2D eigenvalue weighted by Gasteiger charge is 2.65. The first-order chi connectivity index (χ1) is 12.4. The molecule has 1 aliphatic heterocycles. The second-order valence-electron chi connectivity index (χ2n) is 6.56. The summed E-state index contributed by atoms with van der Waals surface area (Å²) in [5, 5.41) is 2.58. The molecule has 2 unspecified atom stereocenters. The number of amides is 1. The molecule has 0 radical (unpaired) electrons. The van der Waals surface area contributed by atoms with Crippen LogP contribution in [0.1, 0.15) is 32.8 Å². The monoisotopic (exact) mass is 363 g/mol. The number of epoxide rings is 1. The van der Waals surface area contributed by atoms with Crippen LogP contribution in [0.3, 0.4) is 0 Å². The first-order valence-corrected chi connectivity index (χ1v) is 8.70. The lowest BCUT2D eigenvalue weighted by Crippen LogP contribution is -2.49. The number of benzene rings is 1. The molecule has 0 spiro atoms. The number of ether oxygens (including phenoxy) is 3. The number of hydrogen-bond acceptors (Lipinski definition) is 6. The Hall–Kier alpha value is -2.25. The van der Waals surface area contributed by atoms with Crippen LogP contribution in [0.25, 0.3) is 0 Å². The van der Waals surface area contributed by atoms with Crippen molar-refractivity contribution in [3.63, 3.8) is 0 Å². The first kappa shape index (κ1) is 20.1. The summed E-state index contributed by atoms with van der Waals surface area (Å²) in [5.74, 6) is -1.10. The van der Waals surface area contributed by atoms with Gasteiger partial charge in [0.15, 0.2) is 6.29 Å². The van der Waals surface area contributed by atoms with E-state index in [0.29, 0.717) is 19.3 Å². The van der Waals surface area contributed by atoms with Gasteiger partial charge in [0.2, 0.25) is 6.29 Å². The molecular weight excluding hydrogens is 338 g/mol. The van der Waals surface area contributed by atoms with Crippen molar-refractivity contribution in [1.82, 2.24) is 5.32 Å². The second-order valence-corrected chi connectivity index (χ2v) is 6.56. The lowest BCUT2D eigenvalue weighted by molar-refractivity contribution is -0.150. The van der Waals surface area contributed by atoms with Crippen molar-refractivity contribution in [2.24, 2.45) is 5.92 Å². The van der Waals surface area contributed by atoms with Crippen LogP contribution in [0.2, 0.25) is 0 Å². The van der Waals surface area contributed by atoms with Crippen molar-refractivity contribution >= 4 is 18.2 Å². The molecule has 1 aromatic rings. The summed E-state index contributed by atoms with van der Waals surface area (Å²) < 4.78 is 15.6. The molecule has 1 saturated heterocycles. The molecule has 0 saturated carbocycles. The number of aldehydes is 1. The van der Waals surface area contributed by atoms with E-state index >= 15 is 0 Å². The normalized spacial score (nSPS) is 22.5. The van der Waals surface area contributed by atoms with Gasteiger partial charge in [-0.3, -0.25) is 9.59 Å². The summed E-state index contributed by atoms with van der Waals surface area (Å²) in [5.41, 5.74) is -0.827. The Balaban J connectivity index is 1.99. The summed E-state index contributed by atoms with van der Waals surface area (Å²) in [4.78, 5) is 36.2. The molecule has 1 aliphatic rings. The van der Waals surface area contributed by atoms with Gasteiger partial charge in [-0.05, 0) is 24.8 Å². The molecule has 0 aliphatic carbocycles. The zero-order chi connectivity index (χ0) is 19.2. The third-order valence-electron chi connectivity index (χ3n) is 3.96. The molecule has 7 heteroatoms. The Labute approximate surface area is 153 Å². The lowest BCUT2D eigenvalue weighted by Gasteiger charge is -2.20. The fourth-order valence-electron chi connectivity index (χ4n) is 2.54. The molecule has 1 fully saturated rings. The minimum atomic E-state index is -1.68. The van der Waals surface area contributed by atoms with Gasteiger partial charge in [-0.15, -0.1) is 0 Å². The van der Waals surface area contributed by atoms with E-state index in [-0.39, 0.29) is 12.5 Å². The molecule has 1 aromatic carbocycles. The van der Waals surface area contributed by atoms with Crippen molar-refractivity contribution in [1.29, 1.82) is 0 Å². The molecule has 1 N–H and O–H groups in total. The van der Waals surface area contributed by atoms with Gasteiger partial charge in [-0.25, -0.2) is 4.79 Å². The van der Waals surface area contributed by atoms with Crippen molar-refractivity contribution < 1.29 is 28.6 Å². The second kappa shape index (κ2) is 8.91. The summed E-state index contributed by atoms with van der Waals surface area (Å²) in [6.45, 7) is 6.01. The minimum absolute atomic E-state index is 0.112. The number of hydrogen-bond donors (Lipinski definition) is 1. The smallest absolute Gasteiger partial charge is 0.328 e. The van der Waals surface area contributed by atoms with Crippen LogP contribution in [0.5, 0.6) is 0 Å². The lowest BCUT2D eigenvalue weighted by atomic mass is 10.0. The molecule has 1 amide bonds. The van der Waals surface area contributed by atoms with Gasteiger partial charge in [0.1, 0.15) is 12.6 Å². The van der Waals surface area contributed by atoms with E-state index < -0.39 is 29.8 Å². The van der Waals surface area contributed by atoms with Crippen LogP contribution in [0.15, 0.2) is 30.3 Å². The molecule has 1 heterocycles. The van der Waals surface area contributed by atoms with Crippen LogP contribution in [0, 0.1) is 5.92 Å². The average Bonchev–Trinajstić information content (AvgIpc) is 3.34. The number of esters is 1. The van der Waals surface area contributed by atoms with Crippen LogP contribution >= 0.6 is 0 Å². The summed E-state index contributed by atoms with van der Waals surface area (Å²) in [6.07, 6.45) is -0.122. The van der Waals surface area contributed by atoms with E-state index in [2.05, 4.69) is 5.32 Å². The zero-order valence-electron chi connectivity index (χ0n) is 15.3. The van der Waals surface area contributed by atoms with Crippen LogP contribution in [-0.4, -0.2) is 42.7 Å². The van der Waals surface area contributed by atoms with E-state index in [0.717, 1.165) is 5.56 Å². The Morgan fingerprint density at radius 1 is 1.31 bits per heavy atom. The van der Waals surface area contributed by atoms with Gasteiger partial charge >= 0.3 is 5.97 Å².